The highest BCUT2D eigenvalue weighted by Crippen LogP contribution is 2.27. The van der Waals surface area contributed by atoms with E-state index in [4.69, 9.17) is 0 Å². The molecule has 106 valence electrons. The van der Waals surface area contributed by atoms with Crippen LogP contribution in [0.15, 0.2) is 22.7 Å². The summed E-state index contributed by atoms with van der Waals surface area (Å²) in [4.78, 5) is 0. The highest BCUT2D eigenvalue weighted by atomic mass is 79.9. The lowest BCUT2D eigenvalue weighted by Crippen LogP contribution is -2.34. The molecule has 2 unspecified atom stereocenters. The van der Waals surface area contributed by atoms with Crippen molar-refractivity contribution in [2.75, 3.05) is 11.6 Å². The maximum Gasteiger partial charge on any atom is 0.150 e. The minimum atomic E-state index is -2.91. The van der Waals surface area contributed by atoms with E-state index in [9.17, 15) is 8.42 Å². The highest BCUT2D eigenvalue weighted by Gasteiger charge is 2.28. The van der Waals surface area contributed by atoms with Gasteiger partial charge in [-0.2, -0.15) is 0 Å². The summed E-state index contributed by atoms with van der Waals surface area (Å²) in [7, 11) is -2.91. The van der Waals surface area contributed by atoms with Gasteiger partial charge >= 0.3 is 0 Å². The zero-order valence-electron chi connectivity index (χ0n) is 11.3. The van der Waals surface area contributed by atoms with Crippen molar-refractivity contribution in [2.45, 2.75) is 43.9 Å². The lowest BCUT2D eigenvalue weighted by Gasteiger charge is -2.29. The number of rotatable bonds is 3. The molecule has 1 fully saturated rings. The summed E-state index contributed by atoms with van der Waals surface area (Å²) in [5.74, 6) is 0. The van der Waals surface area contributed by atoms with Gasteiger partial charge in [0.15, 0.2) is 0 Å². The number of aryl methyl sites for hydroxylation is 1. The molecule has 0 amide bonds. The average molecular weight is 346 g/mol. The molecule has 19 heavy (non-hydrogen) atoms. The largest absolute Gasteiger partial charge is 0.382 e. The SMILES string of the molecule is Cc1cc(NC2CCCC(S(C)(=O)=O)C2)ccc1Br. The van der Waals surface area contributed by atoms with E-state index in [-0.39, 0.29) is 11.3 Å². The first-order valence-electron chi connectivity index (χ1n) is 6.58. The fourth-order valence-electron chi connectivity index (χ4n) is 2.64. The van der Waals surface area contributed by atoms with Gasteiger partial charge in [0, 0.05) is 22.5 Å². The minimum absolute atomic E-state index is 0.185. The summed E-state index contributed by atoms with van der Waals surface area (Å²) >= 11 is 3.48. The number of anilines is 1. The van der Waals surface area contributed by atoms with Crippen molar-refractivity contribution in [1.29, 1.82) is 0 Å². The predicted octanol–water partition coefficient (Wildman–Crippen LogP) is 3.53. The van der Waals surface area contributed by atoms with E-state index in [2.05, 4.69) is 34.2 Å². The summed E-state index contributed by atoms with van der Waals surface area (Å²) < 4.78 is 24.4. The molecule has 2 atom stereocenters. The predicted molar refractivity (Wildman–Crippen MR) is 83.4 cm³/mol. The van der Waals surface area contributed by atoms with Crippen LogP contribution in [-0.4, -0.2) is 26.0 Å². The van der Waals surface area contributed by atoms with Crippen molar-refractivity contribution in [1.82, 2.24) is 0 Å². The Labute approximate surface area is 123 Å². The van der Waals surface area contributed by atoms with Crippen molar-refractivity contribution < 1.29 is 8.42 Å². The molecule has 0 radical (unpaired) electrons. The van der Waals surface area contributed by atoms with Gasteiger partial charge in [-0.1, -0.05) is 22.4 Å². The lowest BCUT2D eigenvalue weighted by atomic mass is 9.94. The van der Waals surface area contributed by atoms with Crippen LogP contribution >= 0.6 is 15.9 Å². The second-order valence-corrected chi connectivity index (χ2v) is 8.60. The van der Waals surface area contributed by atoms with Crippen molar-refractivity contribution in [2.24, 2.45) is 0 Å². The number of halogens is 1. The molecule has 0 heterocycles. The minimum Gasteiger partial charge on any atom is -0.382 e. The fourth-order valence-corrected chi connectivity index (χ4v) is 4.06. The van der Waals surface area contributed by atoms with Gasteiger partial charge in [-0.3, -0.25) is 0 Å². The molecule has 1 aromatic rings. The van der Waals surface area contributed by atoms with E-state index >= 15 is 0 Å². The molecule has 1 N–H and O–H groups in total. The Hall–Kier alpha value is -0.550. The van der Waals surface area contributed by atoms with Gasteiger partial charge in [0.1, 0.15) is 9.84 Å². The van der Waals surface area contributed by atoms with E-state index in [1.54, 1.807) is 0 Å². The van der Waals surface area contributed by atoms with Crippen molar-refractivity contribution in [3.8, 4) is 0 Å². The maximum atomic E-state index is 11.6. The summed E-state index contributed by atoms with van der Waals surface area (Å²) in [6.07, 6.45) is 4.89. The third kappa shape index (κ3) is 3.96. The molecule has 0 saturated heterocycles. The Morgan fingerprint density at radius 2 is 2.05 bits per heavy atom. The number of nitrogens with one attached hydrogen (secondary N) is 1. The summed E-state index contributed by atoms with van der Waals surface area (Å²) in [5, 5.41) is 3.28. The van der Waals surface area contributed by atoms with Gasteiger partial charge in [-0.05, 0) is 49.9 Å². The molecule has 0 bridgehead atoms. The van der Waals surface area contributed by atoms with Gasteiger partial charge < -0.3 is 5.32 Å². The number of sulfone groups is 1. The van der Waals surface area contributed by atoms with Crippen molar-refractivity contribution in [3.05, 3.63) is 28.2 Å². The second-order valence-electron chi connectivity index (χ2n) is 5.42. The van der Waals surface area contributed by atoms with Gasteiger partial charge in [-0.15, -0.1) is 0 Å². The van der Waals surface area contributed by atoms with Crippen molar-refractivity contribution in [3.63, 3.8) is 0 Å². The first-order chi connectivity index (χ1) is 8.86. The molecule has 5 heteroatoms. The second kappa shape index (κ2) is 5.83. The molecule has 2 rings (SSSR count). The summed E-state index contributed by atoms with van der Waals surface area (Å²) in [6, 6.07) is 6.40. The van der Waals surface area contributed by atoms with Crippen LogP contribution in [0.1, 0.15) is 31.2 Å². The molecular weight excluding hydrogens is 326 g/mol. The average Bonchev–Trinajstić information content (AvgIpc) is 2.33. The highest BCUT2D eigenvalue weighted by molar-refractivity contribution is 9.10. The van der Waals surface area contributed by atoms with Gasteiger partial charge in [0.25, 0.3) is 0 Å². The smallest absolute Gasteiger partial charge is 0.150 e. The standard InChI is InChI=1S/C14H20BrNO2S/c1-10-8-12(6-7-14(10)15)16-11-4-3-5-13(9-11)19(2,17)18/h6-8,11,13,16H,3-5,9H2,1-2H3. The van der Waals surface area contributed by atoms with E-state index in [1.807, 2.05) is 12.1 Å². The zero-order valence-corrected chi connectivity index (χ0v) is 13.7. The van der Waals surface area contributed by atoms with Gasteiger partial charge in [-0.25, -0.2) is 8.42 Å². The topological polar surface area (TPSA) is 46.2 Å². The number of benzene rings is 1. The summed E-state index contributed by atoms with van der Waals surface area (Å²) in [5.41, 5.74) is 2.25. The molecule has 0 spiro atoms. The molecule has 0 aromatic heterocycles. The Morgan fingerprint density at radius 1 is 1.32 bits per heavy atom. The molecule has 0 aliphatic heterocycles. The molecule has 1 aliphatic carbocycles. The molecule has 1 aromatic carbocycles. The first kappa shape index (κ1) is 14.9. The van der Waals surface area contributed by atoms with Gasteiger partial charge in [0.05, 0.1) is 5.25 Å². The van der Waals surface area contributed by atoms with Crippen LogP contribution in [0.3, 0.4) is 0 Å². The Morgan fingerprint density at radius 3 is 2.68 bits per heavy atom. The molecule has 3 nitrogen and oxygen atoms in total. The first-order valence-corrected chi connectivity index (χ1v) is 9.32. The number of hydrogen-bond acceptors (Lipinski definition) is 3. The Bertz CT molecular complexity index is 557. The van der Waals surface area contributed by atoms with Crippen LogP contribution in [0.2, 0.25) is 0 Å². The third-order valence-electron chi connectivity index (χ3n) is 3.76. The van der Waals surface area contributed by atoms with E-state index < -0.39 is 9.84 Å². The lowest BCUT2D eigenvalue weighted by molar-refractivity contribution is 0.453. The summed E-state index contributed by atoms with van der Waals surface area (Å²) in [6.45, 7) is 2.05. The zero-order chi connectivity index (χ0) is 14.0. The van der Waals surface area contributed by atoms with Crippen LogP contribution in [-0.2, 0) is 9.84 Å². The van der Waals surface area contributed by atoms with E-state index in [0.717, 1.165) is 29.4 Å². The number of hydrogen-bond donors (Lipinski definition) is 1. The maximum absolute atomic E-state index is 11.6. The fraction of sp³-hybridized carbons (Fsp3) is 0.571. The molecule has 1 aliphatic rings. The Balaban J connectivity index is 2.04. The molecular formula is C14H20BrNO2S. The van der Waals surface area contributed by atoms with Crippen LogP contribution in [0, 0.1) is 6.92 Å². The van der Waals surface area contributed by atoms with Crippen LogP contribution in [0.4, 0.5) is 5.69 Å². The van der Waals surface area contributed by atoms with E-state index in [1.165, 1.54) is 11.8 Å². The van der Waals surface area contributed by atoms with Crippen LogP contribution < -0.4 is 5.32 Å². The Kier molecular flexibility index (Phi) is 4.56. The van der Waals surface area contributed by atoms with Crippen molar-refractivity contribution >= 4 is 31.5 Å². The van der Waals surface area contributed by atoms with Crippen LogP contribution in [0.25, 0.3) is 0 Å². The monoisotopic (exact) mass is 345 g/mol. The quantitative estimate of drug-likeness (QED) is 0.911. The third-order valence-corrected chi connectivity index (χ3v) is 6.29. The van der Waals surface area contributed by atoms with E-state index in [0.29, 0.717) is 6.42 Å². The van der Waals surface area contributed by atoms with Crippen LogP contribution in [0.5, 0.6) is 0 Å². The van der Waals surface area contributed by atoms with Gasteiger partial charge in [0.2, 0.25) is 0 Å². The molecule has 1 saturated carbocycles. The normalized spacial score (nSPS) is 24.2.